The van der Waals surface area contributed by atoms with Gasteiger partial charge in [0.05, 0.1) is 11.7 Å². The number of fused-ring (bicyclic) bond motifs is 1. The number of aryl methyl sites for hydroxylation is 3. The van der Waals surface area contributed by atoms with E-state index in [9.17, 15) is 9.59 Å². The Morgan fingerprint density at radius 1 is 1.18 bits per heavy atom. The molecule has 1 N–H and O–H groups in total. The highest BCUT2D eigenvalue weighted by Crippen LogP contribution is 2.33. The second kappa shape index (κ2) is 7.25. The summed E-state index contributed by atoms with van der Waals surface area (Å²) in [6.07, 6.45) is 1.41. The molecule has 0 atom stereocenters. The van der Waals surface area contributed by atoms with Gasteiger partial charge in [-0.15, -0.1) is 21.5 Å². The minimum atomic E-state index is -0.345. The monoisotopic (exact) mass is 411 g/mol. The van der Waals surface area contributed by atoms with E-state index in [1.165, 1.54) is 39.1 Å². The van der Waals surface area contributed by atoms with Crippen LogP contribution in [0.3, 0.4) is 0 Å². The van der Waals surface area contributed by atoms with Crippen LogP contribution in [0.5, 0.6) is 0 Å². The molecule has 0 aliphatic rings. The molecule has 0 spiro atoms. The number of rotatable bonds is 4. The number of aromatic nitrogens is 4. The Bertz CT molecular complexity index is 1250. The summed E-state index contributed by atoms with van der Waals surface area (Å²) in [6.45, 7) is 5.73. The van der Waals surface area contributed by atoms with Crippen molar-refractivity contribution in [1.82, 2.24) is 19.7 Å². The molecule has 7 nitrogen and oxygen atoms in total. The number of nitrogens with one attached hydrogen (secondary N) is 1. The van der Waals surface area contributed by atoms with Gasteiger partial charge in [0, 0.05) is 10.9 Å². The van der Waals surface area contributed by atoms with Crippen molar-refractivity contribution in [3.63, 3.8) is 0 Å². The molecule has 0 aliphatic heterocycles. The maximum Gasteiger partial charge on any atom is 0.263 e. The zero-order chi connectivity index (χ0) is 19.8. The van der Waals surface area contributed by atoms with Crippen molar-refractivity contribution in [2.75, 3.05) is 5.32 Å². The Morgan fingerprint density at radius 3 is 2.71 bits per heavy atom. The lowest BCUT2D eigenvalue weighted by atomic mass is 9.99. The van der Waals surface area contributed by atoms with Crippen molar-refractivity contribution in [2.45, 2.75) is 27.3 Å². The number of hydrogen-bond donors (Lipinski definition) is 1. The van der Waals surface area contributed by atoms with Gasteiger partial charge >= 0.3 is 0 Å². The van der Waals surface area contributed by atoms with Crippen molar-refractivity contribution >= 4 is 43.9 Å². The van der Waals surface area contributed by atoms with Crippen LogP contribution >= 0.6 is 22.7 Å². The Balaban J connectivity index is 1.70. The van der Waals surface area contributed by atoms with E-state index in [2.05, 4.69) is 26.6 Å². The van der Waals surface area contributed by atoms with Gasteiger partial charge in [0.25, 0.3) is 5.56 Å². The summed E-state index contributed by atoms with van der Waals surface area (Å²) in [5.74, 6) is -0.345. The van der Waals surface area contributed by atoms with E-state index in [0.717, 1.165) is 21.7 Å². The van der Waals surface area contributed by atoms with E-state index in [-0.39, 0.29) is 18.0 Å². The fourth-order valence-electron chi connectivity index (χ4n) is 3.05. The molecular formula is C19H17N5O2S2. The summed E-state index contributed by atoms with van der Waals surface area (Å²) in [4.78, 5) is 30.4. The molecule has 142 valence electrons. The molecule has 28 heavy (non-hydrogen) atoms. The van der Waals surface area contributed by atoms with Crippen LogP contribution in [0.25, 0.3) is 21.3 Å². The molecular weight excluding hydrogens is 394 g/mol. The molecule has 1 amide bonds. The topological polar surface area (TPSA) is 89.8 Å². The van der Waals surface area contributed by atoms with Crippen LogP contribution in [0.15, 0.2) is 34.7 Å². The highest BCUT2D eigenvalue weighted by Gasteiger charge is 2.16. The number of benzene rings is 1. The second-order valence-corrected chi connectivity index (χ2v) is 8.54. The maximum absolute atomic E-state index is 13.1. The van der Waals surface area contributed by atoms with Crippen molar-refractivity contribution in [3.05, 3.63) is 56.4 Å². The molecule has 1 aromatic carbocycles. The number of nitrogens with zero attached hydrogens (tertiary/aromatic N) is 4. The van der Waals surface area contributed by atoms with E-state index < -0.39 is 0 Å². The molecule has 4 rings (SSSR count). The molecule has 0 unspecified atom stereocenters. The first kappa shape index (κ1) is 18.5. The van der Waals surface area contributed by atoms with Crippen LogP contribution in [-0.4, -0.2) is 25.7 Å². The van der Waals surface area contributed by atoms with Crippen LogP contribution in [0.4, 0.5) is 5.13 Å². The molecule has 0 radical (unpaired) electrons. The van der Waals surface area contributed by atoms with Gasteiger partial charge < -0.3 is 0 Å². The van der Waals surface area contributed by atoms with Crippen molar-refractivity contribution in [1.29, 1.82) is 0 Å². The van der Waals surface area contributed by atoms with Crippen molar-refractivity contribution in [2.24, 2.45) is 0 Å². The fourth-order valence-corrected chi connectivity index (χ4v) is 4.56. The first-order chi connectivity index (χ1) is 13.4. The summed E-state index contributed by atoms with van der Waals surface area (Å²) >= 11 is 2.71. The van der Waals surface area contributed by atoms with E-state index >= 15 is 0 Å². The summed E-state index contributed by atoms with van der Waals surface area (Å²) < 4.78 is 1.32. The smallest absolute Gasteiger partial charge is 0.263 e. The second-order valence-electron chi connectivity index (χ2n) is 6.50. The van der Waals surface area contributed by atoms with Crippen molar-refractivity contribution < 1.29 is 4.79 Å². The highest BCUT2D eigenvalue weighted by atomic mass is 32.1. The number of carbonyl (C=O) groups is 1. The molecule has 3 aromatic heterocycles. The summed E-state index contributed by atoms with van der Waals surface area (Å²) in [7, 11) is 0. The Hall–Kier alpha value is -2.91. The lowest BCUT2D eigenvalue weighted by molar-refractivity contribution is -0.116. The molecule has 4 aromatic rings. The van der Waals surface area contributed by atoms with Crippen LogP contribution in [0.2, 0.25) is 0 Å². The molecule has 0 bridgehead atoms. The molecule has 0 fully saturated rings. The van der Waals surface area contributed by atoms with Gasteiger partial charge in [-0.1, -0.05) is 35.1 Å². The minimum absolute atomic E-state index is 0.136. The van der Waals surface area contributed by atoms with Gasteiger partial charge in [0.2, 0.25) is 11.0 Å². The third-order valence-electron chi connectivity index (χ3n) is 4.32. The first-order valence-corrected chi connectivity index (χ1v) is 10.3. The zero-order valence-corrected chi connectivity index (χ0v) is 17.1. The summed E-state index contributed by atoms with van der Waals surface area (Å²) in [6, 6.07) is 6.14. The van der Waals surface area contributed by atoms with Crippen LogP contribution in [-0.2, 0) is 11.3 Å². The molecule has 3 heterocycles. The predicted octanol–water partition coefficient (Wildman–Crippen LogP) is 3.54. The van der Waals surface area contributed by atoms with E-state index in [4.69, 9.17) is 0 Å². The number of carbonyl (C=O) groups excluding carboxylic acids is 1. The highest BCUT2D eigenvalue weighted by molar-refractivity contribution is 7.17. The average Bonchev–Trinajstić information content (AvgIpc) is 3.24. The SMILES string of the molecule is Cc1ccc(-c2csc3ncn(CC(=O)Nc4nnc(C)s4)c(=O)c23)c(C)c1. The third kappa shape index (κ3) is 3.46. The van der Waals surface area contributed by atoms with Gasteiger partial charge in [-0.3, -0.25) is 19.5 Å². The van der Waals surface area contributed by atoms with Gasteiger partial charge in [0.1, 0.15) is 16.4 Å². The van der Waals surface area contributed by atoms with E-state index in [1.54, 1.807) is 6.92 Å². The minimum Gasteiger partial charge on any atom is -0.299 e. The lowest BCUT2D eigenvalue weighted by Gasteiger charge is -2.08. The van der Waals surface area contributed by atoms with Gasteiger partial charge in [-0.2, -0.15) is 0 Å². The van der Waals surface area contributed by atoms with E-state index in [0.29, 0.717) is 15.3 Å². The predicted molar refractivity (Wildman–Crippen MR) is 112 cm³/mol. The Kier molecular flexibility index (Phi) is 4.78. The lowest BCUT2D eigenvalue weighted by Crippen LogP contribution is -2.27. The summed E-state index contributed by atoms with van der Waals surface area (Å²) in [5, 5.41) is 14.1. The number of hydrogen-bond acceptors (Lipinski definition) is 7. The van der Waals surface area contributed by atoms with E-state index in [1.807, 2.05) is 31.4 Å². The van der Waals surface area contributed by atoms with Crippen LogP contribution in [0, 0.1) is 20.8 Å². The number of thiophene rings is 1. The average molecular weight is 412 g/mol. The molecule has 0 aliphatic carbocycles. The third-order valence-corrected chi connectivity index (χ3v) is 5.96. The van der Waals surface area contributed by atoms with Crippen LogP contribution in [0.1, 0.15) is 16.1 Å². The van der Waals surface area contributed by atoms with Gasteiger partial charge in [0.15, 0.2) is 0 Å². The first-order valence-electron chi connectivity index (χ1n) is 8.56. The quantitative estimate of drug-likeness (QED) is 0.555. The Morgan fingerprint density at radius 2 is 2.00 bits per heavy atom. The summed E-state index contributed by atoms with van der Waals surface area (Å²) in [5.41, 5.74) is 3.88. The van der Waals surface area contributed by atoms with Gasteiger partial charge in [-0.25, -0.2) is 4.98 Å². The number of anilines is 1. The fraction of sp³-hybridized carbons (Fsp3) is 0.211. The standard InChI is InChI=1S/C19H17N5O2S2/c1-10-4-5-13(11(2)6-10)14-8-27-17-16(14)18(26)24(9-20-17)7-15(25)21-19-23-22-12(3)28-19/h4-6,8-9H,7H2,1-3H3,(H,21,23,25). The molecule has 0 saturated heterocycles. The molecule has 9 heteroatoms. The normalized spacial score (nSPS) is 11.1. The zero-order valence-electron chi connectivity index (χ0n) is 15.5. The molecule has 0 saturated carbocycles. The maximum atomic E-state index is 13.1. The van der Waals surface area contributed by atoms with Crippen LogP contribution < -0.4 is 10.9 Å². The number of amides is 1. The Labute approximate surface area is 168 Å². The van der Waals surface area contributed by atoms with Crippen molar-refractivity contribution in [3.8, 4) is 11.1 Å². The van der Waals surface area contributed by atoms with Gasteiger partial charge in [-0.05, 0) is 31.9 Å². The largest absolute Gasteiger partial charge is 0.299 e.